The molecule has 0 heterocycles. The minimum Gasteiger partial charge on any atom is -0.391 e. The molecule has 0 aliphatic rings. The first kappa shape index (κ1) is 10.7. The number of hydrogen-bond acceptors (Lipinski definition) is 2. The Morgan fingerprint density at radius 1 is 1.64 bits per heavy atom. The Balaban J connectivity index is 3.79. The van der Waals surface area contributed by atoms with Crippen LogP contribution in [0.1, 0.15) is 26.7 Å². The first-order valence-electron chi connectivity index (χ1n) is 4.19. The van der Waals surface area contributed by atoms with Crippen LogP contribution in [0.4, 0.5) is 0 Å². The Kier molecular flexibility index (Phi) is 5.16. The summed E-state index contributed by atoms with van der Waals surface area (Å²) < 4.78 is 0. The zero-order valence-electron chi connectivity index (χ0n) is 7.46. The lowest BCUT2D eigenvalue weighted by molar-refractivity contribution is 0.120. The van der Waals surface area contributed by atoms with E-state index in [1.165, 1.54) is 0 Å². The zero-order chi connectivity index (χ0) is 8.85. The van der Waals surface area contributed by atoms with Crippen LogP contribution < -0.4 is 5.73 Å². The summed E-state index contributed by atoms with van der Waals surface area (Å²) in [7, 11) is 0. The average Bonchev–Trinajstić information content (AvgIpc) is 2.02. The van der Waals surface area contributed by atoms with Gasteiger partial charge in [0.1, 0.15) is 0 Å². The van der Waals surface area contributed by atoms with Gasteiger partial charge in [0.15, 0.2) is 0 Å². The number of nitrogens with two attached hydrogens (primary N) is 1. The molecule has 0 aromatic heterocycles. The Hall–Kier alpha value is -0.340. The lowest BCUT2D eigenvalue weighted by Gasteiger charge is -2.21. The van der Waals surface area contributed by atoms with Gasteiger partial charge in [0, 0.05) is 6.04 Å². The minimum absolute atomic E-state index is 0.160. The van der Waals surface area contributed by atoms with Crippen LogP contribution >= 0.6 is 0 Å². The molecule has 66 valence electrons. The summed E-state index contributed by atoms with van der Waals surface area (Å²) in [6, 6.07) is -0.160. The molecule has 2 heteroatoms. The molecule has 0 unspecified atom stereocenters. The molecule has 0 aromatic rings. The smallest absolute Gasteiger partial charge is 0.0696 e. The van der Waals surface area contributed by atoms with E-state index in [1.54, 1.807) is 6.08 Å². The second-order valence-electron chi connectivity index (χ2n) is 3.03. The largest absolute Gasteiger partial charge is 0.391 e. The normalized spacial score (nSPS) is 18.9. The van der Waals surface area contributed by atoms with E-state index in [4.69, 9.17) is 5.73 Å². The molecule has 2 nitrogen and oxygen atoms in total. The Morgan fingerprint density at radius 2 is 2.18 bits per heavy atom. The van der Waals surface area contributed by atoms with E-state index in [0.717, 1.165) is 12.8 Å². The van der Waals surface area contributed by atoms with Gasteiger partial charge in [-0.1, -0.05) is 26.3 Å². The van der Waals surface area contributed by atoms with E-state index in [-0.39, 0.29) is 18.1 Å². The van der Waals surface area contributed by atoms with Crippen LogP contribution in [0.15, 0.2) is 12.7 Å². The van der Waals surface area contributed by atoms with Crippen molar-refractivity contribution in [3.8, 4) is 0 Å². The average molecular weight is 157 g/mol. The molecule has 0 saturated heterocycles. The van der Waals surface area contributed by atoms with Crippen molar-refractivity contribution in [2.45, 2.75) is 38.8 Å². The predicted octanol–water partition coefficient (Wildman–Crippen LogP) is 1.30. The number of rotatable bonds is 5. The molecule has 3 atom stereocenters. The van der Waals surface area contributed by atoms with Crippen molar-refractivity contribution in [1.82, 2.24) is 0 Å². The topological polar surface area (TPSA) is 46.2 Å². The lowest BCUT2D eigenvalue weighted by Crippen LogP contribution is -2.39. The summed E-state index contributed by atoms with van der Waals surface area (Å²) >= 11 is 0. The molecule has 0 fully saturated rings. The van der Waals surface area contributed by atoms with Crippen LogP contribution in [-0.2, 0) is 0 Å². The van der Waals surface area contributed by atoms with E-state index < -0.39 is 0 Å². The first-order valence-corrected chi connectivity index (χ1v) is 4.19. The molecule has 0 aromatic carbocycles. The van der Waals surface area contributed by atoms with Crippen molar-refractivity contribution in [3.63, 3.8) is 0 Å². The summed E-state index contributed by atoms with van der Waals surface area (Å²) in [5.74, 6) is 0.191. The maximum absolute atomic E-state index is 9.45. The van der Waals surface area contributed by atoms with Gasteiger partial charge in [-0.05, 0) is 12.3 Å². The standard InChI is InChI=1S/C9H19NO/c1-4-6-8(11)9(10)7(3)5-2/h5,7-9,11H,2,4,6,10H2,1,3H3/t7-,8-,9-/m1/s1. The van der Waals surface area contributed by atoms with Crippen LogP contribution in [-0.4, -0.2) is 17.3 Å². The van der Waals surface area contributed by atoms with E-state index >= 15 is 0 Å². The summed E-state index contributed by atoms with van der Waals surface area (Å²) in [5.41, 5.74) is 5.74. The molecule has 0 rings (SSSR count). The highest BCUT2D eigenvalue weighted by molar-refractivity contribution is 4.87. The highest BCUT2D eigenvalue weighted by Crippen LogP contribution is 2.09. The molecule has 0 amide bonds. The fourth-order valence-electron chi connectivity index (χ4n) is 0.996. The third kappa shape index (κ3) is 3.54. The molecule has 3 N–H and O–H groups in total. The molecule has 0 aliphatic carbocycles. The van der Waals surface area contributed by atoms with Gasteiger partial charge >= 0.3 is 0 Å². The van der Waals surface area contributed by atoms with Gasteiger partial charge in [-0.25, -0.2) is 0 Å². The monoisotopic (exact) mass is 157 g/mol. The molecular formula is C9H19NO. The number of aliphatic hydroxyl groups excluding tert-OH is 1. The van der Waals surface area contributed by atoms with Crippen LogP contribution in [0.5, 0.6) is 0 Å². The summed E-state index contributed by atoms with van der Waals surface area (Å²) in [6.07, 6.45) is 3.15. The summed E-state index contributed by atoms with van der Waals surface area (Å²) in [5, 5.41) is 9.45. The second kappa shape index (κ2) is 5.33. The van der Waals surface area contributed by atoms with Crippen LogP contribution in [0.2, 0.25) is 0 Å². The van der Waals surface area contributed by atoms with Crippen molar-refractivity contribution in [2.24, 2.45) is 11.7 Å². The van der Waals surface area contributed by atoms with Gasteiger partial charge in [0.25, 0.3) is 0 Å². The van der Waals surface area contributed by atoms with Gasteiger partial charge in [0.05, 0.1) is 6.10 Å². The molecule has 11 heavy (non-hydrogen) atoms. The van der Waals surface area contributed by atoms with Crippen LogP contribution in [0.25, 0.3) is 0 Å². The quantitative estimate of drug-likeness (QED) is 0.591. The predicted molar refractivity (Wildman–Crippen MR) is 48.3 cm³/mol. The minimum atomic E-state index is -0.381. The third-order valence-electron chi connectivity index (χ3n) is 2.01. The molecule has 0 spiro atoms. The lowest BCUT2D eigenvalue weighted by atomic mass is 9.95. The van der Waals surface area contributed by atoms with E-state index in [2.05, 4.69) is 6.58 Å². The Bertz CT molecular complexity index is 114. The summed E-state index contributed by atoms with van der Waals surface area (Å²) in [6.45, 7) is 7.64. The van der Waals surface area contributed by atoms with Gasteiger partial charge in [0.2, 0.25) is 0 Å². The maximum Gasteiger partial charge on any atom is 0.0696 e. The van der Waals surface area contributed by atoms with Crippen molar-refractivity contribution < 1.29 is 5.11 Å². The SMILES string of the molecule is C=C[C@@H](C)[C@@H](N)[C@H](O)CCC. The van der Waals surface area contributed by atoms with Gasteiger partial charge in [-0.2, -0.15) is 0 Å². The molecule has 0 aliphatic heterocycles. The van der Waals surface area contributed by atoms with E-state index in [0.29, 0.717) is 0 Å². The highest BCUT2D eigenvalue weighted by Gasteiger charge is 2.17. The Morgan fingerprint density at radius 3 is 2.55 bits per heavy atom. The van der Waals surface area contributed by atoms with E-state index in [9.17, 15) is 5.11 Å². The van der Waals surface area contributed by atoms with Crippen molar-refractivity contribution >= 4 is 0 Å². The highest BCUT2D eigenvalue weighted by atomic mass is 16.3. The fraction of sp³-hybridized carbons (Fsp3) is 0.778. The third-order valence-corrected chi connectivity index (χ3v) is 2.01. The van der Waals surface area contributed by atoms with Crippen molar-refractivity contribution in [3.05, 3.63) is 12.7 Å². The first-order chi connectivity index (χ1) is 5.13. The number of hydrogen-bond donors (Lipinski definition) is 2. The zero-order valence-corrected chi connectivity index (χ0v) is 7.46. The molecule has 0 saturated carbocycles. The van der Waals surface area contributed by atoms with Crippen molar-refractivity contribution in [1.29, 1.82) is 0 Å². The fourth-order valence-corrected chi connectivity index (χ4v) is 0.996. The van der Waals surface area contributed by atoms with Gasteiger partial charge < -0.3 is 10.8 Å². The van der Waals surface area contributed by atoms with Gasteiger partial charge in [-0.15, -0.1) is 6.58 Å². The second-order valence-corrected chi connectivity index (χ2v) is 3.03. The Labute approximate surface area is 69.1 Å². The van der Waals surface area contributed by atoms with Crippen LogP contribution in [0.3, 0.4) is 0 Å². The molecular weight excluding hydrogens is 138 g/mol. The maximum atomic E-state index is 9.45. The van der Waals surface area contributed by atoms with Crippen LogP contribution in [0, 0.1) is 5.92 Å². The molecule has 0 radical (unpaired) electrons. The number of aliphatic hydroxyl groups is 1. The van der Waals surface area contributed by atoms with E-state index in [1.807, 2.05) is 13.8 Å². The van der Waals surface area contributed by atoms with Crippen molar-refractivity contribution in [2.75, 3.05) is 0 Å². The molecule has 0 bridgehead atoms. The summed E-state index contributed by atoms with van der Waals surface area (Å²) in [4.78, 5) is 0. The van der Waals surface area contributed by atoms with Gasteiger partial charge in [-0.3, -0.25) is 0 Å².